The molecule has 0 N–H and O–H groups in total. The van der Waals surface area contributed by atoms with Crippen molar-refractivity contribution in [1.82, 2.24) is 0 Å². The summed E-state index contributed by atoms with van der Waals surface area (Å²) in [5.74, 6) is -0.276. The van der Waals surface area contributed by atoms with E-state index in [2.05, 4.69) is 13.5 Å². The highest BCUT2D eigenvalue weighted by atomic mass is 28.2. The zero-order valence-corrected chi connectivity index (χ0v) is 11.6. The van der Waals surface area contributed by atoms with E-state index in [1.54, 1.807) is 14.0 Å². The largest absolute Gasteiger partial charge is 0.464 e. The molecule has 3 nitrogen and oxygen atoms in total. The van der Waals surface area contributed by atoms with Crippen LogP contribution in [0.2, 0.25) is 5.54 Å². The molecule has 0 aliphatic heterocycles. The average Bonchev–Trinajstić information content (AvgIpc) is 2.16. The van der Waals surface area contributed by atoms with E-state index in [4.69, 9.17) is 9.47 Å². The molecule has 0 aliphatic rings. The molecule has 0 aromatic carbocycles. The second-order valence-corrected chi connectivity index (χ2v) is 6.74. The van der Waals surface area contributed by atoms with Gasteiger partial charge in [0, 0.05) is 19.3 Å². The third kappa shape index (κ3) is 6.46. The lowest BCUT2D eigenvalue weighted by molar-refractivity contribution is -0.140. The van der Waals surface area contributed by atoms with Gasteiger partial charge in [0.05, 0.1) is 15.2 Å². The number of methoxy groups -OCH3 is 1. The standard InChI is InChI=1S/C11H22O3Si/c1-6-10(7-13-5)15-9(4)14-11(12)8(2)3/h9-10H,2,6-7,15H2,1,3-5H3. The number of ether oxygens (including phenoxy) is 2. The van der Waals surface area contributed by atoms with Crippen LogP contribution in [0.4, 0.5) is 0 Å². The zero-order valence-electron chi connectivity index (χ0n) is 10.2. The number of esters is 1. The van der Waals surface area contributed by atoms with Crippen LogP contribution in [0.25, 0.3) is 0 Å². The molecule has 0 heterocycles. The van der Waals surface area contributed by atoms with Gasteiger partial charge in [-0.2, -0.15) is 0 Å². The summed E-state index contributed by atoms with van der Waals surface area (Å²) in [6, 6.07) is 0. The van der Waals surface area contributed by atoms with Crippen molar-refractivity contribution in [2.45, 2.75) is 38.5 Å². The SMILES string of the molecule is C=C(C)C(=O)OC(C)[SiH2]C(CC)COC. The van der Waals surface area contributed by atoms with Crippen LogP contribution in [0.3, 0.4) is 0 Å². The molecular weight excluding hydrogens is 208 g/mol. The Labute approximate surface area is 94.7 Å². The second kappa shape index (κ2) is 7.65. The monoisotopic (exact) mass is 230 g/mol. The fourth-order valence-corrected chi connectivity index (χ4v) is 3.28. The van der Waals surface area contributed by atoms with E-state index in [0.717, 1.165) is 13.0 Å². The summed E-state index contributed by atoms with van der Waals surface area (Å²) in [6.07, 6.45) is 1.09. The summed E-state index contributed by atoms with van der Waals surface area (Å²) in [6.45, 7) is 10.1. The first kappa shape index (κ1) is 14.4. The summed E-state index contributed by atoms with van der Waals surface area (Å²) in [7, 11) is 1.26. The Balaban J connectivity index is 3.94. The molecule has 0 rings (SSSR count). The lowest BCUT2D eigenvalue weighted by Crippen LogP contribution is -2.26. The van der Waals surface area contributed by atoms with Crippen LogP contribution in [0.1, 0.15) is 27.2 Å². The van der Waals surface area contributed by atoms with Crippen LogP contribution >= 0.6 is 0 Å². The highest BCUT2D eigenvalue weighted by Crippen LogP contribution is 2.12. The fourth-order valence-electron chi connectivity index (χ4n) is 1.39. The van der Waals surface area contributed by atoms with Gasteiger partial charge in [0.1, 0.15) is 0 Å². The van der Waals surface area contributed by atoms with E-state index in [0.29, 0.717) is 11.1 Å². The lowest BCUT2D eigenvalue weighted by Gasteiger charge is -2.18. The van der Waals surface area contributed by atoms with E-state index >= 15 is 0 Å². The Hall–Kier alpha value is -0.613. The summed E-state index contributed by atoms with van der Waals surface area (Å²) in [5, 5.41) is 0. The first-order valence-corrected chi connectivity index (χ1v) is 6.99. The van der Waals surface area contributed by atoms with Gasteiger partial charge in [0.15, 0.2) is 0 Å². The highest BCUT2D eigenvalue weighted by Gasteiger charge is 2.16. The van der Waals surface area contributed by atoms with Crippen molar-refractivity contribution >= 4 is 15.5 Å². The molecular formula is C11H22O3Si. The first-order valence-electron chi connectivity index (χ1n) is 5.36. The van der Waals surface area contributed by atoms with Gasteiger partial charge in [-0.25, -0.2) is 4.79 Å². The predicted octanol–water partition coefficient (Wildman–Crippen LogP) is 1.47. The first-order chi connectivity index (χ1) is 7.01. The maximum Gasteiger partial charge on any atom is 0.333 e. The molecule has 0 aromatic rings. The number of rotatable bonds is 7. The molecule has 0 aromatic heterocycles. The van der Waals surface area contributed by atoms with Crippen molar-refractivity contribution in [2.24, 2.45) is 0 Å². The van der Waals surface area contributed by atoms with Crippen LogP contribution in [-0.4, -0.2) is 34.9 Å². The van der Waals surface area contributed by atoms with Crippen molar-refractivity contribution in [1.29, 1.82) is 0 Å². The summed E-state index contributed by atoms with van der Waals surface area (Å²) < 4.78 is 10.4. The summed E-state index contributed by atoms with van der Waals surface area (Å²) in [4.78, 5) is 11.3. The highest BCUT2D eigenvalue weighted by molar-refractivity contribution is 6.39. The second-order valence-electron chi connectivity index (χ2n) is 3.96. The number of carbonyl (C=O) groups excluding carboxylic acids is 1. The molecule has 0 amide bonds. The Morgan fingerprint density at radius 1 is 1.53 bits per heavy atom. The van der Waals surface area contributed by atoms with Gasteiger partial charge in [-0.15, -0.1) is 0 Å². The minimum atomic E-state index is -0.445. The van der Waals surface area contributed by atoms with Crippen molar-refractivity contribution in [3.8, 4) is 0 Å². The molecule has 0 saturated heterocycles. The van der Waals surface area contributed by atoms with E-state index < -0.39 is 9.52 Å². The number of hydrogen-bond acceptors (Lipinski definition) is 3. The minimum absolute atomic E-state index is 0.0642. The van der Waals surface area contributed by atoms with Gasteiger partial charge in [0.2, 0.25) is 0 Å². The predicted molar refractivity (Wildman–Crippen MR) is 64.8 cm³/mol. The zero-order chi connectivity index (χ0) is 11.8. The molecule has 0 radical (unpaired) electrons. The van der Waals surface area contributed by atoms with Crippen molar-refractivity contribution in [3.63, 3.8) is 0 Å². The Kier molecular flexibility index (Phi) is 7.34. The average molecular weight is 230 g/mol. The maximum absolute atomic E-state index is 11.3. The molecule has 0 saturated carbocycles. The topological polar surface area (TPSA) is 35.5 Å². The normalized spacial score (nSPS) is 15.2. The van der Waals surface area contributed by atoms with Crippen LogP contribution < -0.4 is 0 Å². The molecule has 0 aliphatic carbocycles. The van der Waals surface area contributed by atoms with E-state index in [-0.39, 0.29) is 11.7 Å². The van der Waals surface area contributed by atoms with Crippen molar-refractivity contribution in [2.75, 3.05) is 13.7 Å². The molecule has 2 unspecified atom stereocenters. The third-order valence-corrected chi connectivity index (χ3v) is 4.61. The van der Waals surface area contributed by atoms with Crippen LogP contribution in [0.15, 0.2) is 12.2 Å². The van der Waals surface area contributed by atoms with Gasteiger partial charge in [-0.1, -0.05) is 19.9 Å². The summed E-state index contributed by atoms with van der Waals surface area (Å²) in [5.41, 5.74) is 1.12. The third-order valence-electron chi connectivity index (χ3n) is 2.30. The van der Waals surface area contributed by atoms with E-state index in [1.165, 1.54) is 0 Å². The lowest BCUT2D eigenvalue weighted by atomic mass is 10.3. The molecule has 15 heavy (non-hydrogen) atoms. The van der Waals surface area contributed by atoms with E-state index in [9.17, 15) is 4.79 Å². The quantitative estimate of drug-likeness (QED) is 0.377. The molecule has 0 bridgehead atoms. The van der Waals surface area contributed by atoms with Crippen molar-refractivity contribution in [3.05, 3.63) is 12.2 Å². The Morgan fingerprint density at radius 3 is 2.53 bits per heavy atom. The van der Waals surface area contributed by atoms with Gasteiger partial charge >= 0.3 is 5.97 Å². The Morgan fingerprint density at radius 2 is 2.13 bits per heavy atom. The molecule has 4 heteroatoms. The number of carbonyl (C=O) groups is 1. The van der Waals surface area contributed by atoms with Crippen molar-refractivity contribution < 1.29 is 14.3 Å². The van der Waals surface area contributed by atoms with Gasteiger partial charge in [-0.3, -0.25) is 0 Å². The molecule has 88 valence electrons. The minimum Gasteiger partial charge on any atom is -0.464 e. The molecule has 0 spiro atoms. The van der Waals surface area contributed by atoms with Crippen LogP contribution in [-0.2, 0) is 14.3 Å². The maximum atomic E-state index is 11.3. The van der Waals surface area contributed by atoms with Crippen LogP contribution in [0.5, 0.6) is 0 Å². The van der Waals surface area contributed by atoms with Gasteiger partial charge in [0.25, 0.3) is 0 Å². The Bertz CT molecular complexity index is 216. The van der Waals surface area contributed by atoms with E-state index in [1.807, 2.05) is 6.92 Å². The van der Waals surface area contributed by atoms with Gasteiger partial charge < -0.3 is 9.47 Å². The molecule has 2 atom stereocenters. The fraction of sp³-hybridized carbons (Fsp3) is 0.727. The summed E-state index contributed by atoms with van der Waals surface area (Å²) >= 11 is 0. The van der Waals surface area contributed by atoms with Crippen LogP contribution in [0, 0.1) is 0 Å². The smallest absolute Gasteiger partial charge is 0.333 e. The molecule has 0 fully saturated rings. The van der Waals surface area contributed by atoms with Gasteiger partial charge in [-0.05, 0) is 19.4 Å². The number of hydrogen-bond donors (Lipinski definition) is 0.